The van der Waals surface area contributed by atoms with Crippen molar-refractivity contribution in [3.8, 4) is 33.6 Å². The maximum absolute atomic E-state index is 5.85. The average molecular weight is 1100 g/mol. The summed E-state index contributed by atoms with van der Waals surface area (Å²) in [5, 5.41) is 19.9. The Hall–Kier alpha value is -10.5. The van der Waals surface area contributed by atoms with Gasteiger partial charge in [-0.1, -0.05) is 175 Å². The predicted molar refractivity (Wildman–Crippen MR) is 366 cm³/mol. The van der Waals surface area contributed by atoms with E-state index in [0.717, 1.165) is 22.5 Å². The summed E-state index contributed by atoms with van der Waals surface area (Å²) in [6.45, 7) is 14.1. The molecular formula is C81H57N5. The number of pyridine rings is 1. The molecule has 0 saturated heterocycles. The Morgan fingerprint density at radius 3 is 1.20 bits per heavy atom. The monoisotopic (exact) mass is 1100 g/mol. The molecule has 0 bridgehead atoms. The van der Waals surface area contributed by atoms with Crippen LogP contribution in [-0.2, 0) is 10.8 Å². The Kier molecular flexibility index (Phi) is 9.28. The van der Waals surface area contributed by atoms with Crippen LogP contribution >= 0.6 is 0 Å². The van der Waals surface area contributed by atoms with Gasteiger partial charge in [0.25, 0.3) is 0 Å². The second-order valence-electron chi connectivity index (χ2n) is 26.3. The molecule has 7 heterocycles. The normalized spacial score (nSPS) is 13.0. The van der Waals surface area contributed by atoms with Crippen LogP contribution in [0.3, 0.4) is 0 Å². The maximum Gasteiger partial charge on any atom is 0.146 e. The molecule has 0 unspecified atom stereocenters. The second kappa shape index (κ2) is 16.6. The SMILES string of the molecule is CC(C)(C)c1cc(-c2ccc3c(c2)c2ccccc2n3-c2ccccc2)c2c(c1)c1c3ccccc3cc3c4c5c6cc7ccccc7c7c8cc(C(C)(C)C)cc(-c9ccc%10c(c9)c9ccccc9n%10-c9ccccc9)c8n(c5ncc4n2c31)c67. The van der Waals surface area contributed by atoms with Gasteiger partial charge in [0.05, 0.1) is 55.8 Å². The Labute approximate surface area is 495 Å². The molecule has 0 amide bonds. The van der Waals surface area contributed by atoms with Gasteiger partial charge in [-0.15, -0.1) is 0 Å². The highest BCUT2D eigenvalue weighted by atomic mass is 15.0. The van der Waals surface area contributed by atoms with Crippen LogP contribution in [0.25, 0.3) is 175 Å². The zero-order valence-electron chi connectivity index (χ0n) is 48.8. The van der Waals surface area contributed by atoms with Gasteiger partial charge in [-0.25, -0.2) is 4.98 Å². The zero-order valence-corrected chi connectivity index (χ0v) is 48.8. The van der Waals surface area contributed by atoms with Crippen molar-refractivity contribution in [1.29, 1.82) is 0 Å². The van der Waals surface area contributed by atoms with Crippen LogP contribution in [0.4, 0.5) is 0 Å². The minimum atomic E-state index is -0.129. The third-order valence-corrected chi connectivity index (χ3v) is 19.5. The first-order valence-corrected chi connectivity index (χ1v) is 30.3. The fourth-order valence-corrected chi connectivity index (χ4v) is 15.5. The standard InChI is InChI=1S/C81H57N5/c1-80(2,3)50-41-58(48-33-35-68-60(37-48)56-29-17-19-31-66(56)83(68)52-23-9-7-10-24-52)75-64(43-50)71-54-27-15-13-21-46(54)39-62-73-70(85(75)77(62)71)45-82-79-74(73)63-40-47-22-14-16-28-55(47)72-65-44-51(81(4,5)6)42-59(76(65)86(79)78(63)72)49-34-36-69-61(38-49)57-30-18-20-32-67(57)84(69)53-25-11-8-12-26-53/h7-45H,1-6H3. The fraction of sp³-hybridized carbons (Fsp3) is 0.0988. The molecule has 406 valence electrons. The molecule has 0 atom stereocenters. The first-order chi connectivity index (χ1) is 42.0. The fourth-order valence-electron chi connectivity index (χ4n) is 15.5. The summed E-state index contributed by atoms with van der Waals surface area (Å²) in [6.07, 6.45) is 2.22. The van der Waals surface area contributed by atoms with Crippen molar-refractivity contribution < 1.29 is 0 Å². The highest BCUT2D eigenvalue weighted by Gasteiger charge is 2.31. The van der Waals surface area contributed by atoms with Gasteiger partial charge in [-0.2, -0.15) is 0 Å². The molecule has 12 aromatic carbocycles. The van der Waals surface area contributed by atoms with E-state index in [1.165, 1.54) is 164 Å². The quantitative estimate of drug-likeness (QED) is 0.173. The molecule has 19 rings (SSSR count). The van der Waals surface area contributed by atoms with Crippen LogP contribution in [-0.4, -0.2) is 22.9 Å². The molecule has 0 aliphatic carbocycles. The molecule has 0 N–H and O–H groups in total. The molecule has 0 saturated carbocycles. The number of hydrogen-bond donors (Lipinski definition) is 0. The van der Waals surface area contributed by atoms with Crippen molar-refractivity contribution >= 4 is 141 Å². The molecule has 0 radical (unpaired) electrons. The lowest BCUT2D eigenvalue weighted by atomic mass is 9.83. The highest BCUT2D eigenvalue weighted by Crippen LogP contribution is 2.53. The van der Waals surface area contributed by atoms with Crippen LogP contribution in [0, 0.1) is 0 Å². The van der Waals surface area contributed by atoms with E-state index in [2.05, 4.69) is 296 Å². The van der Waals surface area contributed by atoms with Crippen LogP contribution in [0.5, 0.6) is 0 Å². The lowest BCUT2D eigenvalue weighted by Crippen LogP contribution is -2.11. The largest absolute Gasteiger partial charge is 0.309 e. The van der Waals surface area contributed by atoms with E-state index in [1.807, 2.05) is 0 Å². The number of rotatable bonds is 4. The van der Waals surface area contributed by atoms with Gasteiger partial charge in [0.2, 0.25) is 0 Å². The number of para-hydroxylation sites is 4. The van der Waals surface area contributed by atoms with Gasteiger partial charge < -0.3 is 13.5 Å². The predicted octanol–water partition coefficient (Wildman–Crippen LogP) is 21.8. The molecule has 0 spiro atoms. The molecule has 86 heavy (non-hydrogen) atoms. The third kappa shape index (κ3) is 6.26. The zero-order chi connectivity index (χ0) is 57.2. The summed E-state index contributed by atoms with van der Waals surface area (Å²) in [5.74, 6) is 0. The summed E-state index contributed by atoms with van der Waals surface area (Å²) < 4.78 is 10.0. The topological polar surface area (TPSA) is 31.6 Å². The number of aromatic nitrogens is 5. The lowest BCUT2D eigenvalue weighted by molar-refractivity contribution is 0.591. The van der Waals surface area contributed by atoms with Gasteiger partial charge in [-0.05, 0) is 152 Å². The summed E-state index contributed by atoms with van der Waals surface area (Å²) in [5.41, 5.74) is 21.2. The van der Waals surface area contributed by atoms with Gasteiger partial charge in [0, 0.05) is 87.1 Å². The Bertz CT molecular complexity index is 5750. The van der Waals surface area contributed by atoms with Crippen molar-refractivity contribution in [3.05, 3.63) is 248 Å². The van der Waals surface area contributed by atoms with Crippen LogP contribution < -0.4 is 0 Å². The van der Waals surface area contributed by atoms with E-state index < -0.39 is 0 Å². The van der Waals surface area contributed by atoms with Crippen LogP contribution in [0.15, 0.2) is 237 Å². The summed E-state index contributed by atoms with van der Waals surface area (Å²) >= 11 is 0. The Morgan fingerprint density at radius 1 is 0.291 bits per heavy atom. The molecular weight excluding hydrogens is 1040 g/mol. The molecule has 19 aromatic rings. The van der Waals surface area contributed by atoms with Gasteiger partial charge in [0.1, 0.15) is 5.65 Å². The smallest absolute Gasteiger partial charge is 0.146 e. The second-order valence-corrected chi connectivity index (χ2v) is 26.3. The van der Waals surface area contributed by atoms with E-state index in [1.54, 1.807) is 0 Å². The summed E-state index contributed by atoms with van der Waals surface area (Å²) in [7, 11) is 0. The van der Waals surface area contributed by atoms with Crippen LogP contribution in [0.2, 0.25) is 0 Å². The van der Waals surface area contributed by atoms with Crippen molar-refractivity contribution in [1.82, 2.24) is 22.9 Å². The highest BCUT2D eigenvalue weighted by molar-refractivity contribution is 6.41. The minimum Gasteiger partial charge on any atom is -0.309 e. The van der Waals surface area contributed by atoms with E-state index in [0.29, 0.717) is 0 Å². The number of benzene rings is 12. The third-order valence-electron chi connectivity index (χ3n) is 19.5. The molecule has 0 fully saturated rings. The average Bonchev–Trinajstić information content (AvgIpc) is 1.52. The van der Waals surface area contributed by atoms with E-state index >= 15 is 0 Å². The van der Waals surface area contributed by atoms with Crippen molar-refractivity contribution in [3.63, 3.8) is 0 Å². The van der Waals surface area contributed by atoms with E-state index in [4.69, 9.17) is 4.98 Å². The van der Waals surface area contributed by atoms with Crippen LogP contribution in [0.1, 0.15) is 52.7 Å². The van der Waals surface area contributed by atoms with Gasteiger partial charge >= 0.3 is 0 Å². The van der Waals surface area contributed by atoms with Crippen molar-refractivity contribution in [2.24, 2.45) is 0 Å². The van der Waals surface area contributed by atoms with Gasteiger partial charge in [-0.3, -0.25) is 4.40 Å². The number of nitrogens with zero attached hydrogens (tertiary/aromatic N) is 5. The molecule has 0 aliphatic rings. The van der Waals surface area contributed by atoms with E-state index in [9.17, 15) is 0 Å². The Balaban J connectivity index is 0.965. The number of fused-ring (bicyclic) bond motifs is 23. The lowest BCUT2D eigenvalue weighted by Gasteiger charge is -2.21. The van der Waals surface area contributed by atoms with E-state index in [-0.39, 0.29) is 10.8 Å². The summed E-state index contributed by atoms with van der Waals surface area (Å²) in [6, 6.07) is 86.8. The first kappa shape index (κ1) is 47.9. The maximum atomic E-state index is 5.85. The molecule has 5 heteroatoms. The Morgan fingerprint density at radius 2 is 0.698 bits per heavy atom. The van der Waals surface area contributed by atoms with Gasteiger partial charge in [0.15, 0.2) is 0 Å². The molecule has 0 aliphatic heterocycles. The van der Waals surface area contributed by atoms with Crippen molar-refractivity contribution in [2.45, 2.75) is 52.4 Å². The minimum absolute atomic E-state index is 0.125. The van der Waals surface area contributed by atoms with Crippen molar-refractivity contribution in [2.75, 3.05) is 0 Å². The first-order valence-electron chi connectivity index (χ1n) is 30.3. The number of hydrogen-bond acceptors (Lipinski definition) is 1. The molecule has 7 aromatic heterocycles. The summed E-state index contributed by atoms with van der Waals surface area (Å²) in [4.78, 5) is 5.85. The molecule has 5 nitrogen and oxygen atoms in total.